The normalized spacial score (nSPS) is 13.1. The molecule has 0 aromatic carbocycles. The molecule has 0 fully saturated rings. The molecule has 0 saturated carbocycles. The van der Waals surface area contributed by atoms with Gasteiger partial charge < -0.3 is 11.1 Å². The van der Waals surface area contributed by atoms with E-state index in [9.17, 15) is 4.79 Å². The molecule has 0 saturated heterocycles. The molecular formula is C8H14Cl2N2O. The van der Waals surface area contributed by atoms with Gasteiger partial charge in [0.1, 0.15) is 0 Å². The minimum atomic E-state index is -0.355. The first-order valence-corrected chi connectivity index (χ1v) is 4.67. The summed E-state index contributed by atoms with van der Waals surface area (Å²) in [6.07, 6.45) is 0.263. The van der Waals surface area contributed by atoms with Gasteiger partial charge in [-0.15, -0.1) is 0 Å². The average molecular weight is 225 g/mol. The summed E-state index contributed by atoms with van der Waals surface area (Å²) in [4.78, 5) is 10.6. The number of rotatable bonds is 5. The Kier molecular flexibility index (Phi) is 5.37. The van der Waals surface area contributed by atoms with Crippen LogP contribution in [0.2, 0.25) is 0 Å². The van der Waals surface area contributed by atoms with Crippen molar-refractivity contribution < 1.29 is 4.79 Å². The molecule has 0 aromatic rings. The summed E-state index contributed by atoms with van der Waals surface area (Å²) in [5, 5.41) is 3.55. The Hall–Kier alpha value is -0.250. The summed E-state index contributed by atoms with van der Waals surface area (Å²) < 4.78 is 0. The van der Waals surface area contributed by atoms with Crippen molar-refractivity contribution in [2.75, 3.05) is 6.54 Å². The van der Waals surface area contributed by atoms with Crippen LogP contribution in [0.5, 0.6) is 0 Å². The topological polar surface area (TPSA) is 55.1 Å². The second kappa shape index (κ2) is 5.47. The molecule has 0 atom stereocenters. The zero-order valence-electron chi connectivity index (χ0n) is 7.73. The van der Waals surface area contributed by atoms with Crippen molar-refractivity contribution in [3.05, 3.63) is 10.6 Å². The molecule has 3 nitrogen and oxygen atoms in total. The molecular weight excluding hydrogens is 211 g/mol. The molecule has 1 amide bonds. The predicted octanol–water partition coefficient (Wildman–Crippen LogP) is 1.55. The summed E-state index contributed by atoms with van der Waals surface area (Å²) in [5.74, 6) is -0.344. The van der Waals surface area contributed by atoms with Crippen LogP contribution in [0.15, 0.2) is 10.6 Å². The fourth-order valence-corrected chi connectivity index (χ4v) is 1.00. The molecule has 0 unspecified atom stereocenters. The lowest BCUT2D eigenvalue weighted by Gasteiger charge is -2.24. The molecule has 0 heterocycles. The van der Waals surface area contributed by atoms with Crippen molar-refractivity contribution in [2.24, 2.45) is 5.73 Å². The minimum absolute atomic E-state index is 0.263. The van der Waals surface area contributed by atoms with Crippen LogP contribution in [0, 0.1) is 0 Å². The fraction of sp³-hybridized carbons (Fsp3) is 0.625. The molecule has 0 bridgehead atoms. The molecule has 0 aliphatic rings. The Morgan fingerprint density at radius 2 is 2.15 bits per heavy atom. The lowest BCUT2D eigenvalue weighted by atomic mass is 10.0. The van der Waals surface area contributed by atoms with Crippen LogP contribution in [0.1, 0.15) is 20.3 Å². The van der Waals surface area contributed by atoms with Crippen molar-refractivity contribution >= 4 is 29.1 Å². The SMILES string of the molecule is CC(C)(CC(N)=O)NCC(Cl)=CCl. The summed E-state index contributed by atoms with van der Waals surface area (Å²) in [5.41, 5.74) is 6.00. The Bertz CT molecular complexity index is 214. The van der Waals surface area contributed by atoms with Gasteiger partial charge in [0, 0.05) is 29.1 Å². The van der Waals surface area contributed by atoms with E-state index in [4.69, 9.17) is 28.9 Å². The second-order valence-corrected chi connectivity index (χ2v) is 4.14. The highest BCUT2D eigenvalue weighted by molar-refractivity contribution is 6.36. The smallest absolute Gasteiger partial charge is 0.219 e. The van der Waals surface area contributed by atoms with Crippen molar-refractivity contribution in [1.82, 2.24) is 5.32 Å². The second-order valence-electron chi connectivity index (χ2n) is 3.44. The van der Waals surface area contributed by atoms with E-state index < -0.39 is 0 Å². The predicted molar refractivity (Wildman–Crippen MR) is 55.7 cm³/mol. The van der Waals surface area contributed by atoms with Gasteiger partial charge in [-0.3, -0.25) is 4.79 Å². The molecule has 0 aromatic heterocycles. The summed E-state index contributed by atoms with van der Waals surface area (Å²) in [7, 11) is 0. The number of halogens is 2. The highest BCUT2D eigenvalue weighted by Crippen LogP contribution is 2.09. The first kappa shape index (κ1) is 12.8. The Morgan fingerprint density at radius 3 is 2.54 bits per heavy atom. The maximum Gasteiger partial charge on any atom is 0.219 e. The minimum Gasteiger partial charge on any atom is -0.370 e. The maximum atomic E-state index is 10.6. The zero-order chi connectivity index (χ0) is 10.5. The van der Waals surface area contributed by atoms with E-state index in [1.807, 2.05) is 13.8 Å². The van der Waals surface area contributed by atoms with Crippen LogP contribution < -0.4 is 11.1 Å². The molecule has 13 heavy (non-hydrogen) atoms. The van der Waals surface area contributed by atoms with Gasteiger partial charge in [-0.25, -0.2) is 0 Å². The van der Waals surface area contributed by atoms with Crippen molar-refractivity contribution in [3.8, 4) is 0 Å². The van der Waals surface area contributed by atoms with Crippen LogP contribution in [0.25, 0.3) is 0 Å². The van der Waals surface area contributed by atoms with Gasteiger partial charge in [0.25, 0.3) is 0 Å². The summed E-state index contributed by atoms with van der Waals surface area (Å²) in [6, 6.07) is 0. The van der Waals surface area contributed by atoms with Crippen LogP contribution in [0.3, 0.4) is 0 Å². The van der Waals surface area contributed by atoms with Crippen molar-refractivity contribution in [2.45, 2.75) is 25.8 Å². The van der Waals surface area contributed by atoms with E-state index in [2.05, 4.69) is 5.32 Å². The molecule has 0 rings (SSSR count). The largest absolute Gasteiger partial charge is 0.370 e. The van der Waals surface area contributed by atoms with E-state index in [-0.39, 0.29) is 17.9 Å². The number of hydrogen-bond donors (Lipinski definition) is 2. The molecule has 0 spiro atoms. The lowest BCUT2D eigenvalue weighted by molar-refractivity contribution is -0.119. The average Bonchev–Trinajstić information content (AvgIpc) is 1.98. The van der Waals surface area contributed by atoms with Gasteiger partial charge in [-0.1, -0.05) is 23.2 Å². The highest BCUT2D eigenvalue weighted by atomic mass is 35.5. The maximum absolute atomic E-state index is 10.6. The molecule has 5 heteroatoms. The number of nitrogens with two attached hydrogens (primary N) is 1. The molecule has 0 aliphatic carbocycles. The van der Waals surface area contributed by atoms with Gasteiger partial charge in [-0.2, -0.15) is 0 Å². The van der Waals surface area contributed by atoms with Gasteiger partial charge in [0.05, 0.1) is 0 Å². The van der Waals surface area contributed by atoms with E-state index in [0.717, 1.165) is 0 Å². The van der Waals surface area contributed by atoms with Crippen LogP contribution in [-0.2, 0) is 4.79 Å². The molecule has 0 radical (unpaired) electrons. The van der Waals surface area contributed by atoms with Gasteiger partial charge >= 0.3 is 0 Å². The fourth-order valence-electron chi connectivity index (χ4n) is 0.860. The zero-order valence-corrected chi connectivity index (χ0v) is 9.24. The Balaban J connectivity index is 3.95. The molecule has 0 aliphatic heterocycles. The number of amides is 1. The van der Waals surface area contributed by atoms with E-state index in [0.29, 0.717) is 11.6 Å². The molecule has 76 valence electrons. The van der Waals surface area contributed by atoms with Crippen LogP contribution in [0.4, 0.5) is 0 Å². The van der Waals surface area contributed by atoms with Gasteiger partial charge in [0.15, 0.2) is 0 Å². The van der Waals surface area contributed by atoms with E-state index >= 15 is 0 Å². The molecule has 3 N–H and O–H groups in total. The standard InChI is InChI=1S/C8H14Cl2N2O/c1-8(2,3-7(11)13)12-5-6(10)4-9/h4,12H,3,5H2,1-2H3,(H2,11,13). The van der Waals surface area contributed by atoms with Crippen molar-refractivity contribution in [1.29, 1.82) is 0 Å². The number of carbonyl (C=O) groups is 1. The van der Waals surface area contributed by atoms with Crippen LogP contribution >= 0.6 is 23.2 Å². The third kappa shape index (κ3) is 6.87. The van der Waals surface area contributed by atoms with Gasteiger partial charge in [0.2, 0.25) is 5.91 Å². The van der Waals surface area contributed by atoms with Crippen LogP contribution in [-0.4, -0.2) is 18.0 Å². The van der Waals surface area contributed by atoms with Crippen molar-refractivity contribution in [3.63, 3.8) is 0 Å². The third-order valence-electron chi connectivity index (χ3n) is 1.47. The lowest BCUT2D eigenvalue weighted by Crippen LogP contribution is -2.43. The Morgan fingerprint density at radius 1 is 1.62 bits per heavy atom. The van der Waals surface area contributed by atoms with Gasteiger partial charge in [-0.05, 0) is 13.8 Å². The first-order valence-electron chi connectivity index (χ1n) is 3.85. The number of carbonyl (C=O) groups excluding carboxylic acids is 1. The summed E-state index contributed by atoms with van der Waals surface area (Å²) in [6.45, 7) is 4.18. The number of primary amides is 1. The first-order chi connectivity index (χ1) is 5.87. The van der Waals surface area contributed by atoms with E-state index in [1.54, 1.807) is 0 Å². The number of hydrogen-bond acceptors (Lipinski definition) is 2. The third-order valence-corrected chi connectivity index (χ3v) is 2.09. The Labute approximate surface area is 88.3 Å². The number of nitrogens with one attached hydrogen (secondary N) is 1. The monoisotopic (exact) mass is 224 g/mol. The quantitative estimate of drug-likeness (QED) is 0.745. The highest BCUT2D eigenvalue weighted by Gasteiger charge is 2.19. The van der Waals surface area contributed by atoms with E-state index in [1.165, 1.54) is 5.54 Å². The summed E-state index contributed by atoms with van der Waals surface area (Å²) >= 11 is 11.0.